The molecule has 0 radical (unpaired) electrons. The number of carbonyl (C=O) groups excluding carboxylic acids is 1. The Kier molecular flexibility index (Phi) is 13.2. The monoisotopic (exact) mass is 658 g/mol. The molecule has 0 bridgehead atoms. The lowest BCUT2D eigenvalue weighted by Crippen LogP contribution is -2.54. The second-order valence-electron chi connectivity index (χ2n) is 17.2. The van der Waals surface area contributed by atoms with Gasteiger partial charge in [0.05, 0.1) is 0 Å². The second-order valence-corrected chi connectivity index (χ2v) is 17.2. The first-order valence-corrected chi connectivity index (χ1v) is 21.3. The lowest BCUT2D eigenvalue weighted by Gasteiger charge is -2.50. The molecule has 3 nitrogen and oxygen atoms in total. The Morgan fingerprint density at radius 3 is 2.06 bits per heavy atom. The van der Waals surface area contributed by atoms with E-state index < -0.39 is 0 Å². The van der Waals surface area contributed by atoms with E-state index in [4.69, 9.17) is 4.74 Å². The van der Waals surface area contributed by atoms with Gasteiger partial charge in [-0.2, -0.15) is 0 Å². The summed E-state index contributed by atoms with van der Waals surface area (Å²) in [5, 5.41) is 3.82. The van der Waals surface area contributed by atoms with Crippen molar-refractivity contribution in [3.8, 4) is 5.75 Å². The Morgan fingerprint density at radius 2 is 1.46 bits per heavy atom. The van der Waals surface area contributed by atoms with Gasteiger partial charge < -0.3 is 10.1 Å². The number of Topliss-reactive ketones (excluding diaryl/α,β-unsaturated/α-hetero) is 1. The highest BCUT2D eigenvalue weighted by Crippen LogP contribution is 2.78. The number of rotatable bonds is 27. The molecule has 0 aromatic heterocycles. The third-order valence-corrected chi connectivity index (χ3v) is 13.6. The molecule has 5 aliphatic rings. The molecule has 0 amide bonds. The van der Waals surface area contributed by atoms with Crippen molar-refractivity contribution in [3.63, 3.8) is 0 Å². The summed E-state index contributed by atoms with van der Waals surface area (Å²) >= 11 is 0. The van der Waals surface area contributed by atoms with Crippen LogP contribution in [-0.4, -0.2) is 25.0 Å². The smallest absolute Gasteiger partial charge is 0.137 e. The van der Waals surface area contributed by atoms with Crippen molar-refractivity contribution in [3.05, 3.63) is 41.0 Å². The van der Waals surface area contributed by atoms with Crippen LogP contribution in [0.3, 0.4) is 0 Å². The molecule has 3 saturated carbocycles. The van der Waals surface area contributed by atoms with E-state index in [0.717, 1.165) is 49.0 Å². The minimum absolute atomic E-state index is 0.0679. The van der Waals surface area contributed by atoms with Gasteiger partial charge in [-0.1, -0.05) is 141 Å². The predicted octanol–water partition coefficient (Wildman–Crippen LogP) is 11.9. The number of ether oxygens (including phenoxy) is 1. The fraction of sp³-hybridized carbons (Fsp3) is 0.800. The van der Waals surface area contributed by atoms with Crippen LogP contribution in [0.4, 0.5) is 0 Å². The Balaban J connectivity index is 0.861. The minimum atomic E-state index is 0.0679. The summed E-state index contributed by atoms with van der Waals surface area (Å²) < 4.78 is 7.00. The standard InChI is InChI=1S/C45H71NO2/c1-3-4-5-6-7-8-9-10-11-12-13-14-15-16-17-18-19-20-21-22-40(47)32-38-26-25-37-31-39-33-44(39)28-27-35(2)43-45(44,41(37)42(38)48-43)29-30-46-34-36-23-24-36/h25-26,36,39,43,46H,2-24,27-34H2,1H3. The van der Waals surface area contributed by atoms with Gasteiger partial charge >= 0.3 is 0 Å². The molecule has 4 unspecified atom stereocenters. The van der Waals surface area contributed by atoms with Crippen LogP contribution in [0.1, 0.15) is 191 Å². The van der Waals surface area contributed by atoms with Gasteiger partial charge in [0.2, 0.25) is 0 Å². The summed E-state index contributed by atoms with van der Waals surface area (Å²) in [4.78, 5) is 13.3. The molecule has 1 N–H and O–H groups in total. The highest BCUT2D eigenvalue weighted by atomic mass is 16.5. The van der Waals surface area contributed by atoms with Crippen LogP contribution in [0.2, 0.25) is 0 Å². The molecule has 6 rings (SSSR count). The first-order chi connectivity index (χ1) is 23.6. The first kappa shape index (κ1) is 36.2. The zero-order valence-electron chi connectivity index (χ0n) is 31.1. The third-order valence-electron chi connectivity index (χ3n) is 13.6. The molecule has 1 spiro atoms. The molecule has 1 heterocycles. The molecule has 0 saturated heterocycles. The number of unbranched alkanes of at least 4 members (excludes halogenated alkanes) is 18. The Hall–Kier alpha value is -1.61. The maximum atomic E-state index is 13.3. The fourth-order valence-electron chi connectivity index (χ4n) is 10.5. The molecule has 3 fully saturated rings. The van der Waals surface area contributed by atoms with Crippen LogP contribution < -0.4 is 10.1 Å². The third kappa shape index (κ3) is 8.46. The quantitative estimate of drug-likeness (QED) is 0.0756. The normalized spacial score (nSPS) is 26.3. The van der Waals surface area contributed by atoms with E-state index in [2.05, 4.69) is 31.0 Å². The van der Waals surface area contributed by atoms with Gasteiger partial charge in [0.15, 0.2) is 0 Å². The van der Waals surface area contributed by atoms with E-state index in [1.54, 1.807) is 0 Å². The van der Waals surface area contributed by atoms with E-state index >= 15 is 0 Å². The van der Waals surface area contributed by atoms with Gasteiger partial charge in [0, 0.05) is 29.4 Å². The molecule has 1 aromatic rings. The van der Waals surface area contributed by atoms with Gasteiger partial charge in [-0.05, 0) is 92.8 Å². The molecule has 48 heavy (non-hydrogen) atoms. The fourth-order valence-corrected chi connectivity index (χ4v) is 10.5. The number of ketones is 1. The van der Waals surface area contributed by atoms with Crippen molar-refractivity contribution < 1.29 is 9.53 Å². The predicted molar refractivity (Wildman–Crippen MR) is 202 cm³/mol. The second kappa shape index (κ2) is 17.5. The molecule has 3 heteroatoms. The van der Waals surface area contributed by atoms with Crippen LogP contribution in [-0.2, 0) is 23.1 Å². The van der Waals surface area contributed by atoms with Crippen molar-refractivity contribution in [1.29, 1.82) is 0 Å². The van der Waals surface area contributed by atoms with Crippen molar-refractivity contribution >= 4 is 5.78 Å². The van der Waals surface area contributed by atoms with Gasteiger partial charge in [0.1, 0.15) is 17.6 Å². The largest absolute Gasteiger partial charge is 0.485 e. The lowest BCUT2D eigenvalue weighted by atomic mass is 9.53. The summed E-state index contributed by atoms with van der Waals surface area (Å²) in [6, 6.07) is 4.63. The van der Waals surface area contributed by atoms with E-state index in [1.807, 2.05) is 0 Å². The van der Waals surface area contributed by atoms with Crippen molar-refractivity contribution in [1.82, 2.24) is 5.32 Å². The van der Waals surface area contributed by atoms with Crippen LogP contribution in [0.5, 0.6) is 5.75 Å². The van der Waals surface area contributed by atoms with Crippen LogP contribution in [0.15, 0.2) is 24.3 Å². The number of hydrogen-bond donors (Lipinski definition) is 1. The Morgan fingerprint density at radius 1 is 0.854 bits per heavy atom. The topological polar surface area (TPSA) is 38.3 Å². The lowest BCUT2D eigenvalue weighted by molar-refractivity contribution is -0.118. The summed E-state index contributed by atoms with van der Waals surface area (Å²) in [5.74, 6) is 3.20. The van der Waals surface area contributed by atoms with Gasteiger partial charge in [-0.25, -0.2) is 0 Å². The van der Waals surface area contributed by atoms with Gasteiger partial charge in [-0.15, -0.1) is 0 Å². The van der Waals surface area contributed by atoms with E-state index in [9.17, 15) is 4.79 Å². The maximum Gasteiger partial charge on any atom is 0.137 e. The first-order valence-electron chi connectivity index (χ1n) is 21.3. The summed E-state index contributed by atoms with van der Waals surface area (Å²) in [6.07, 6.45) is 36.5. The van der Waals surface area contributed by atoms with Gasteiger partial charge in [0.25, 0.3) is 0 Å². The SMILES string of the molecule is C=C1CCC23CC2Cc2ccc(CC(=O)CCCCCCCCCCCCCCCCCCCCC)c4c2C3(CCNCC2CC2)C1O4. The van der Waals surface area contributed by atoms with Crippen molar-refractivity contribution in [2.24, 2.45) is 17.3 Å². The number of carbonyl (C=O) groups is 1. The molecule has 268 valence electrons. The Bertz CT molecular complexity index is 1200. The van der Waals surface area contributed by atoms with E-state index in [-0.39, 0.29) is 11.5 Å². The molecule has 4 atom stereocenters. The molecular formula is C45H71NO2. The zero-order chi connectivity index (χ0) is 33.2. The highest BCUT2D eigenvalue weighted by molar-refractivity contribution is 5.82. The minimum Gasteiger partial charge on any atom is -0.485 e. The number of nitrogens with one attached hydrogen (secondary N) is 1. The van der Waals surface area contributed by atoms with Gasteiger partial charge in [-0.3, -0.25) is 4.79 Å². The van der Waals surface area contributed by atoms with E-state index in [0.29, 0.717) is 24.0 Å². The molecule has 4 aliphatic carbocycles. The zero-order valence-corrected chi connectivity index (χ0v) is 31.1. The summed E-state index contributed by atoms with van der Waals surface area (Å²) in [5.41, 5.74) is 5.93. The molecule has 1 aromatic carbocycles. The average molecular weight is 658 g/mol. The highest BCUT2D eigenvalue weighted by Gasteiger charge is 2.75. The molecule has 1 aliphatic heterocycles. The molecular weight excluding hydrogens is 587 g/mol. The van der Waals surface area contributed by atoms with Crippen molar-refractivity contribution in [2.45, 2.75) is 198 Å². The van der Waals surface area contributed by atoms with Crippen LogP contribution >= 0.6 is 0 Å². The van der Waals surface area contributed by atoms with E-state index in [1.165, 1.54) is 171 Å². The van der Waals surface area contributed by atoms with Crippen LogP contribution in [0.25, 0.3) is 0 Å². The average Bonchev–Trinajstić information content (AvgIpc) is 4.01. The Labute approximate surface area is 295 Å². The summed E-state index contributed by atoms with van der Waals surface area (Å²) in [7, 11) is 0. The number of benzene rings is 1. The van der Waals surface area contributed by atoms with Crippen LogP contribution in [0, 0.1) is 17.3 Å². The summed E-state index contributed by atoms with van der Waals surface area (Å²) in [6.45, 7) is 9.12. The van der Waals surface area contributed by atoms with Crippen molar-refractivity contribution in [2.75, 3.05) is 13.1 Å². The maximum absolute atomic E-state index is 13.3. The number of hydrogen-bond acceptors (Lipinski definition) is 3.